The first kappa shape index (κ1) is 22.5. The Bertz CT molecular complexity index is 536. The van der Waals surface area contributed by atoms with Gasteiger partial charge in [-0.25, -0.2) is 0 Å². The van der Waals surface area contributed by atoms with Crippen LogP contribution in [-0.2, 0) is 10.9 Å². The zero-order chi connectivity index (χ0) is 19.2. The molecule has 1 saturated heterocycles. The van der Waals surface area contributed by atoms with Gasteiger partial charge in [-0.15, -0.1) is 0 Å². The number of ether oxygens (including phenoxy) is 1. The van der Waals surface area contributed by atoms with E-state index in [-0.39, 0.29) is 5.92 Å². The van der Waals surface area contributed by atoms with Crippen LogP contribution in [0, 0.1) is 0 Å². The number of rotatable bonds is 11. The molecule has 1 aliphatic heterocycles. The summed E-state index contributed by atoms with van der Waals surface area (Å²) in [7, 11) is 0. The van der Waals surface area contributed by atoms with E-state index < -0.39 is 30.2 Å². The van der Waals surface area contributed by atoms with E-state index in [2.05, 4.69) is 25.8 Å². The minimum absolute atomic E-state index is 0.0716. The summed E-state index contributed by atoms with van der Waals surface area (Å²) in [6.45, 7) is 7.47. The van der Waals surface area contributed by atoms with E-state index in [1.807, 2.05) is 0 Å². The predicted molar refractivity (Wildman–Crippen MR) is 105 cm³/mol. The molecule has 2 nitrogen and oxygen atoms in total. The molecule has 150 valence electrons. The van der Waals surface area contributed by atoms with Crippen LogP contribution in [0.25, 0.3) is 0 Å². The third-order valence-corrected chi connectivity index (χ3v) is 24.9. The van der Waals surface area contributed by atoms with Gasteiger partial charge in [-0.3, -0.25) is 0 Å². The average Bonchev–Trinajstić information content (AvgIpc) is 2.98. The molecule has 0 saturated carbocycles. The molecule has 0 amide bonds. The monoisotopic (exact) mass is 499 g/mol. The molecule has 7 heteroatoms. The van der Waals surface area contributed by atoms with Gasteiger partial charge in [0.25, 0.3) is 0 Å². The van der Waals surface area contributed by atoms with E-state index in [0.717, 1.165) is 51.8 Å². The fraction of sp³-hybridized carbons (Fsp3) is 0.842. The van der Waals surface area contributed by atoms with Crippen molar-refractivity contribution in [1.82, 2.24) is 4.98 Å². The van der Waals surface area contributed by atoms with Gasteiger partial charge in [0.05, 0.1) is 0 Å². The van der Waals surface area contributed by atoms with E-state index in [9.17, 15) is 13.2 Å². The van der Waals surface area contributed by atoms with Crippen LogP contribution < -0.4 is 2.89 Å². The van der Waals surface area contributed by atoms with Crippen LogP contribution in [0.4, 0.5) is 13.2 Å². The van der Waals surface area contributed by atoms with E-state index in [4.69, 9.17) is 4.74 Å². The second-order valence-electron chi connectivity index (χ2n) is 7.55. The van der Waals surface area contributed by atoms with Crippen molar-refractivity contribution in [2.75, 3.05) is 13.2 Å². The minimum atomic E-state index is -4.33. The topological polar surface area (TPSA) is 22.1 Å². The van der Waals surface area contributed by atoms with Gasteiger partial charge >= 0.3 is 164 Å². The molecule has 0 aromatic carbocycles. The number of nitrogens with zero attached hydrogens (tertiary/aromatic N) is 1. The van der Waals surface area contributed by atoms with Gasteiger partial charge in [-0.05, 0) is 0 Å². The molecule has 0 N–H and O–H groups in total. The van der Waals surface area contributed by atoms with Gasteiger partial charge in [-0.2, -0.15) is 0 Å². The van der Waals surface area contributed by atoms with Crippen molar-refractivity contribution in [2.45, 2.75) is 84.7 Å². The molecule has 0 aliphatic carbocycles. The maximum absolute atomic E-state index is 13.9. The Morgan fingerprint density at radius 1 is 1.00 bits per heavy atom. The van der Waals surface area contributed by atoms with Crippen LogP contribution in [-0.4, -0.2) is 36.6 Å². The molecule has 26 heavy (non-hydrogen) atoms. The van der Waals surface area contributed by atoms with Crippen LogP contribution in [0.2, 0.25) is 13.3 Å². The van der Waals surface area contributed by atoms with E-state index in [1.165, 1.54) is 11.3 Å². The van der Waals surface area contributed by atoms with Crippen molar-refractivity contribution in [1.29, 1.82) is 0 Å². The molecular weight excluding hydrogens is 466 g/mol. The van der Waals surface area contributed by atoms with Crippen LogP contribution in [0.5, 0.6) is 0 Å². The van der Waals surface area contributed by atoms with Crippen molar-refractivity contribution in [2.24, 2.45) is 0 Å². The number of thiazole rings is 1. The van der Waals surface area contributed by atoms with Crippen LogP contribution in [0.3, 0.4) is 0 Å². The van der Waals surface area contributed by atoms with Crippen LogP contribution in [0.15, 0.2) is 0 Å². The molecule has 1 aromatic heterocycles. The molecule has 0 spiro atoms. The molecule has 0 radical (unpaired) electrons. The third kappa shape index (κ3) is 5.37. The molecule has 0 unspecified atom stereocenters. The quantitative estimate of drug-likeness (QED) is 0.333. The van der Waals surface area contributed by atoms with E-state index in [0.29, 0.717) is 21.1 Å². The molecule has 2 rings (SSSR count). The Morgan fingerprint density at radius 2 is 1.50 bits per heavy atom. The molecule has 0 atom stereocenters. The number of alkyl halides is 3. The Labute approximate surface area is 163 Å². The SMILES string of the molecule is CCC[CH2][Sn]([CH2]CCC)([CH2]CCC)[c]1sc(C2COC2)nc1C(F)(F)F. The molecule has 2 heterocycles. The Hall–Kier alpha value is 0.179. The van der Waals surface area contributed by atoms with Gasteiger partial charge < -0.3 is 0 Å². The summed E-state index contributed by atoms with van der Waals surface area (Å²) in [6, 6.07) is 0. The Morgan fingerprint density at radius 3 is 1.85 bits per heavy atom. The molecule has 1 aromatic rings. The zero-order valence-electron chi connectivity index (χ0n) is 16.3. The molecule has 1 aliphatic rings. The van der Waals surface area contributed by atoms with Crippen molar-refractivity contribution >= 4 is 32.6 Å². The van der Waals surface area contributed by atoms with Gasteiger partial charge in [-0.1, -0.05) is 0 Å². The molecule has 0 bridgehead atoms. The first-order chi connectivity index (χ1) is 12.4. The second-order valence-corrected chi connectivity index (χ2v) is 22.6. The zero-order valence-corrected chi connectivity index (χ0v) is 19.9. The molecular formula is C19H32F3NOSSn. The van der Waals surface area contributed by atoms with Gasteiger partial charge in [0.1, 0.15) is 0 Å². The van der Waals surface area contributed by atoms with Crippen molar-refractivity contribution in [3.63, 3.8) is 0 Å². The summed E-state index contributed by atoms with van der Waals surface area (Å²) in [6.07, 6.45) is 2.00. The van der Waals surface area contributed by atoms with Crippen molar-refractivity contribution < 1.29 is 17.9 Å². The first-order valence-corrected chi connectivity index (χ1v) is 18.3. The summed E-state index contributed by atoms with van der Waals surface area (Å²) in [5.74, 6) is 0.0716. The Kier molecular flexibility index (Phi) is 8.73. The van der Waals surface area contributed by atoms with E-state index >= 15 is 0 Å². The molecule has 1 fully saturated rings. The predicted octanol–water partition coefficient (Wildman–Crippen LogP) is 6.33. The number of aromatic nitrogens is 1. The van der Waals surface area contributed by atoms with Crippen molar-refractivity contribution in [3.05, 3.63) is 10.7 Å². The number of halogens is 3. The van der Waals surface area contributed by atoms with Gasteiger partial charge in [0, 0.05) is 0 Å². The summed E-state index contributed by atoms with van der Waals surface area (Å²) >= 11 is -1.73. The number of hydrogen-bond acceptors (Lipinski definition) is 3. The Balaban J connectivity index is 2.49. The summed E-state index contributed by atoms with van der Waals surface area (Å²) in [4.78, 5) is 4.16. The maximum atomic E-state index is 13.9. The second kappa shape index (κ2) is 10.1. The normalized spacial score (nSPS) is 16.1. The fourth-order valence-electron chi connectivity index (χ4n) is 3.70. The fourth-order valence-corrected chi connectivity index (χ4v) is 24.5. The van der Waals surface area contributed by atoms with Crippen LogP contribution in [0.1, 0.15) is 75.9 Å². The third-order valence-electron chi connectivity index (χ3n) is 5.41. The number of hydrogen-bond donors (Lipinski definition) is 0. The number of unbranched alkanes of at least 4 members (excludes halogenated alkanes) is 3. The first-order valence-electron chi connectivity index (χ1n) is 10.0. The summed E-state index contributed by atoms with van der Waals surface area (Å²) in [5, 5.41) is 0.671. The van der Waals surface area contributed by atoms with E-state index in [1.54, 1.807) is 0 Å². The average molecular weight is 498 g/mol. The standard InChI is InChI=1S/C7H5F3NOS.3C4H9.Sn/c8-7(9,10)5-3-13-6(11-5)4-1-12-2-4;3*1-3-4-2;/h4H,1-2H2;3*1,3-4H2,2H3;. The van der Waals surface area contributed by atoms with Crippen molar-refractivity contribution in [3.8, 4) is 0 Å². The van der Waals surface area contributed by atoms with Gasteiger partial charge in [0.2, 0.25) is 0 Å². The van der Waals surface area contributed by atoms with Gasteiger partial charge in [0.15, 0.2) is 0 Å². The summed E-state index contributed by atoms with van der Waals surface area (Å²) < 4.78 is 50.7. The van der Waals surface area contributed by atoms with Crippen LogP contribution >= 0.6 is 11.3 Å². The summed E-state index contributed by atoms with van der Waals surface area (Å²) in [5.41, 5.74) is -0.525.